The molecule has 0 bridgehead atoms. The van der Waals surface area contributed by atoms with E-state index in [4.69, 9.17) is 5.73 Å². The highest BCUT2D eigenvalue weighted by Crippen LogP contribution is 2.28. The van der Waals surface area contributed by atoms with Crippen molar-refractivity contribution in [2.75, 3.05) is 5.73 Å². The Labute approximate surface area is 94.2 Å². The molecular formula is C10H7N3S2. The van der Waals surface area contributed by atoms with Gasteiger partial charge in [-0.05, 0) is 17.5 Å². The number of aromatic nitrogens is 2. The van der Waals surface area contributed by atoms with E-state index in [9.17, 15) is 0 Å². The number of fused-ring (bicyclic) bond motifs is 1. The van der Waals surface area contributed by atoms with Crippen molar-refractivity contribution in [3.8, 4) is 10.6 Å². The summed E-state index contributed by atoms with van der Waals surface area (Å²) in [6.07, 6.45) is 1.84. The van der Waals surface area contributed by atoms with Gasteiger partial charge in [-0.15, -0.1) is 22.7 Å². The summed E-state index contributed by atoms with van der Waals surface area (Å²) >= 11 is 3.23. The third kappa shape index (κ3) is 1.49. The highest BCUT2D eigenvalue weighted by atomic mass is 32.1. The molecular weight excluding hydrogens is 226 g/mol. The molecule has 0 aliphatic carbocycles. The summed E-state index contributed by atoms with van der Waals surface area (Å²) < 4.78 is 1.18. The second-order valence-electron chi connectivity index (χ2n) is 3.11. The predicted molar refractivity (Wildman–Crippen MR) is 65.1 cm³/mol. The first-order chi connectivity index (χ1) is 7.33. The number of nitrogens with zero attached hydrogens (tertiary/aromatic N) is 2. The number of pyridine rings is 1. The van der Waals surface area contributed by atoms with Gasteiger partial charge in [-0.1, -0.05) is 0 Å². The Morgan fingerprint density at radius 3 is 3.00 bits per heavy atom. The highest BCUT2D eigenvalue weighted by molar-refractivity contribution is 7.17. The molecule has 0 aliphatic rings. The van der Waals surface area contributed by atoms with Crippen LogP contribution in [-0.2, 0) is 0 Å². The van der Waals surface area contributed by atoms with Gasteiger partial charge in [0, 0.05) is 17.1 Å². The number of nitrogen functional groups attached to an aromatic ring is 1. The zero-order valence-corrected chi connectivity index (χ0v) is 9.31. The topological polar surface area (TPSA) is 51.8 Å². The molecule has 0 saturated heterocycles. The molecule has 15 heavy (non-hydrogen) atoms. The SMILES string of the molecule is Nc1csc(-c2cnc3ccsc3c2)n1. The van der Waals surface area contributed by atoms with E-state index in [1.165, 1.54) is 4.70 Å². The Kier molecular flexibility index (Phi) is 1.93. The molecule has 0 amide bonds. The van der Waals surface area contributed by atoms with Crippen molar-refractivity contribution in [1.29, 1.82) is 0 Å². The molecule has 0 atom stereocenters. The predicted octanol–water partition coefficient (Wildman–Crippen LogP) is 3.00. The molecule has 3 aromatic rings. The van der Waals surface area contributed by atoms with Crippen LogP contribution in [-0.4, -0.2) is 9.97 Å². The number of anilines is 1. The van der Waals surface area contributed by atoms with E-state index >= 15 is 0 Å². The van der Waals surface area contributed by atoms with Gasteiger partial charge in [0.25, 0.3) is 0 Å². The number of thiazole rings is 1. The Morgan fingerprint density at radius 1 is 1.27 bits per heavy atom. The highest BCUT2D eigenvalue weighted by Gasteiger charge is 2.05. The zero-order valence-electron chi connectivity index (χ0n) is 7.68. The van der Waals surface area contributed by atoms with E-state index in [2.05, 4.69) is 16.0 Å². The molecule has 3 rings (SSSR count). The van der Waals surface area contributed by atoms with Gasteiger partial charge in [0.05, 0.1) is 10.2 Å². The van der Waals surface area contributed by atoms with Crippen molar-refractivity contribution in [3.63, 3.8) is 0 Å². The molecule has 0 saturated carbocycles. The second-order valence-corrected chi connectivity index (χ2v) is 4.91. The molecule has 0 aromatic carbocycles. The summed E-state index contributed by atoms with van der Waals surface area (Å²) in [6.45, 7) is 0. The van der Waals surface area contributed by atoms with Crippen LogP contribution in [0.2, 0.25) is 0 Å². The summed E-state index contributed by atoms with van der Waals surface area (Å²) in [7, 11) is 0. The average molecular weight is 233 g/mol. The van der Waals surface area contributed by atoms with Gasteiger partial charge in [-0.2, -0.15) is 0 Å². The first kappa shape index (κ1) is 8.82. The summed E-state index contributed by atoms with van der Waals surface area (Å²) in [4.78, 5) is 8.60. The number of hydrogen-bond acceptors (Lipinski definition) is 5. The third-order valence-electron chi connectivity index (χ3n) is 2.07. The maximum Gasteiger partial charge on any atom is 0.135 e. The fourth-order valence-electron chi connectivity index (χ4n) is 1.38. The Morgan fingerprint density at radius 2 is 2.20 bits per heavy atom. The molecule has 0 radical (unpaired) electrons. The van der Waals surface area contributed by atoms with Crippen molar-refractivity contribution in [3.05, 3.63) is 29.1 Å². The van der Waals surface area contributed by atoms with Gasteiger partial charge in [0.15, 0.2) is 0 Å². The van der Waals surface area contributed by atoms with Crippen LogP contribution in [0, 0.1) is 0 Å². The van der Waals surface area contributed by atoms with Gasteiger partial charge in [-0.25, -0.2) is 4.98 Å². The van der Waals surface area contributed by atoms with Crippen molar-refractivity contribution < 1.29 is 0 Å². The minimum atomic E-state index is 0.571. The van der Waals surface area contributed by atoms with Crippen LogP contribution < -0.4 is 5.73 Å². The van der Waals surface area contributed by atoms with E-state index in [-0.39, 0.29) is 0 Å². The number of hydrogen-bond donors (Lipinski definition) is 1. The summed E-state index contributed by atoms with van der Waals surface area (Å²) in [5.41, 5.74) is 7.66. The van der Waals surface area contributed by atoms with Crippen LogP contribution in [0.25, 0.3) is 20.8 Å². The lowest BCUT2D eigenvalue weighted by molar-refractivity contribution is 1.38. The van der Waals surface area contributed by atoms with E-state index in [0.717, 1.165) is 16.1 Å². The van der Waals surface area contributed by atoms with Crippen LogP contribution in [0.1, 0.15) is 0 Å². The quantitative estimate of drug-likeness (QED) is 0.703. The maximum atomic E-state index is 5.59. The third-order valence-corrected chi connectivity index (χ3v) is 3.83. The van der Waals surface area contributed by atoms with Crippen LogP contribution in [0.15, 0.2) is 29.1 Å². The molecule has 0 unspecified atom stereocenters. The Hall–Kier alpha value is -1.46. The Bertz CT molecular complexity index is 612. The number of nitrogens with two attached hydrogens (primary N) is 1. The lowest BCUT2D eigenvalue weighted by Gasteiger charge is -1.95. The van der Waals surface area contributed by atoms with Crippen molar-refractivity contribution in [2.45, 2.75) is 0 Å². The fraction of sp³-hybridized carbons (Fsp3) is 0. The molecule has 0 fully saturated rings. The van der Waals surface area contributed by atoms with Crippen molar-refractivity contribution in [2.24, 2.45) is 0 Å². The monoisotopic (exact) mass is 233 g/mol. The van der Waals surface area contributed by atoms with Crippen molar-refractivity contribution in [1.82, 2.24) is 9.97 Å². The van der Waals surface area contributed by atoms with Gasteiger partial charge in [0.2, 0.25) is 0 Å². The van der Waals surface area contributed by atoms with Crippen LogP contribution >= 0.6 is 22.7 Å². The smallest absolute Gasteiger partial charge is 0.135 e. The lowest BCUT2D eigenvalue weighted by atomic mass is 10.3. The molecule has 3 aromatic heterocycles. The largest absolute Gasteiger partial charge is 0.383 e. The van der Waals surface area contributed by atoms with E-state index in [1.54, 1.807) is 22.7 Å². The fourth-order valence-corrected chi connectivity index (χ4v) is 2.85. The van der Waals surface area contributed by atoms with Crippen LogP contribution in [0.4, 0.5) is 5.82 Å². The summed E-state index contributed by atoms with van der Waals surface area (Å²) in [6, 6.07) is 4.12. The number of rotatable bonds is 1. The normalized spacial score (nSPS) is 10.9. The van der Waals surface area contributed by atoms with Crippen LogP contribution in [0.5, 0.6) is 0 Å². The molecule has 5 heteroatoms. The molecule has 0 spiro atoms. The molecule has 2 N–H and O–H groups in total. The first-order valence-electron chi connectivity index (χ1n) is 4.37. The van der Waals surface area contributed by atoms with Crippen LogP contribution in [0.3, 0.4) is 0 Å². The first-order valence-corrected chi connectivity index (χ1v) is 6.13. The minimum Gasteiger partial charge on any atom is -0.383 e. The summed E-state index contributed by atoms with van der Waals surface area (Å²) in [5, 5.41) is 4.81. The summed E-state index contributed by atoms with van der Waals surface area (Å²) in [5.74, 6) is 0.571. The Balaban J connectivity index is 2.18. The molecule has 3 nitrogen and oxygen atoms in total. The van der Waals surface area contributed by atoms with E-state index < -0.39 is 0 Å². The van der Waals surface area contributed by atoms with Crippen molar-refractivity contribution >= 4 is 38.7 Å². The second kappa shape index (κ2) is 3.29. The van der Waals surface area contributed by atoms with Gasteiger partial charge < -0.3 is 5.73 Å². The van der Waals surface area contributed by atoms with Gasteiger partial charge in [0.1, 0.15) is 10.8 Å². The average Bonchev–Trinajstić information content (AvgIpc) is 2.84. The number of thiophene rings is 1. The van der Waals surface area contributed by atoms with E-state index in [0.29, 0.717) is 5.82 Å². The molecule has 3 heterocycles. The zero-order chi connectivity index (χ0) is 10.3. The lowest BCUT2D eigenvalue weighted by Crippen LogP contribution is -1.84. The van der Waals surface area contributed by atoms with E-state index in [1.807, 2.05) is 23.0 Å². The van der Waals surface area contributed by atoms with Gasteiger partial charge in [-0.3, -0.25) is 4.98 Å². The molecule has 74 valence electrons. The standard InChI is InChI=1S/C10H7N3S2/c11-9-5-15-10(13-9)6-3-8-7(12-4-6)1-2-14-8/h1-5H,11H2. The van der Waals surface area contributed by atoms with Gasteiger partial charge >= 0.3 is 0 Å². The maximum absolute atomic E-state index is 5.59. The minimum absolute atomic E-state index is 0.571. The molecule has 0 aliphatic heterocycles.